The second-order valence-corrected chi connectivity index (χ2v) is 3.91. The molecule has 0 radical (unpaired) electrons. The van der Waals surface area contributed by atoms with Gasteiger partial charge in [-0.05, 0) is 24.7 Å². The fourth-order valence-corrected chi connectivity index (χ4v) is 1.71. The highest BCUT2D eigenvalue weighted by Crippen LogP contribution is 2.17. The zero-order chi connectivity index (χ0) is 11.5. The van der Waals surface area contributed by atoms with E-state index in [0.717, 1.165) is 17.6 Å². The quantitative estimate of drug-likeness (QED) is 0.457. The Hall–Kier alpha value is -1.43. The van der Waals surface area contributed by atoms with E-state index in [2.05, 4.69) is 21.4 Å². The molecule has 0 saturated carbocycles. The molecule has 0 aliphatic heterocycles. The van der Waals surface area contributed by atoms with Gasteiger partial charge in [-0.3, -0.25) is 10.7 Å². The number of rotatable bonds is 4. The van der Waals surface area contributed by atoms with E-state index in [-0.39, 0.29) is 0 Å². The molecule has 2 rings (SSSR count). The van der Waals surface area contributed by atoms with E-state index < -0.39 is 0 Å². The summed E-state index contributed by atoms with van der Waals surface area (Å²) >= 11 is 0. The first-order chi connectivity index (χ1) is 7.69. The zero-order valence-electron chi connectivity index (χ0n) is 9.53. The minimum atomic E-state index is 0.646. The van der Waals surface area contributed by atoms with Gasteiger partial charge in [-0.15, -0.1) is 0 Å². The summed E-state index contributed by atoms with van der Waals surface area (Å²) in [7, 11) is 2.00. The van der Waals surface area contributed by atoms with Gasteiger partial charge < -0.3 is 4.42 Å². The highest BCUT2D eigenvalue weighted by atomic mass is 16.3. The van der Waals surface area contributed by atoms with Gasteiger partial charge in [0.1, 0.15) is 5.52 Å². The van der Waals surface area contributed by atoms with Crippen molar-refractivity contribution >= 4 is 11.1 Å². The van der Waals surface area contributed by atoms with Crippen LogP contribution in [0.5, 0.6) is 0 Å². The molecular formula is C11H16N4O. The standard InChI is InChI=1S/C11H16N4O/c1-8-14-10-4-3-9(5-11(10)16-8)6-15(2)7-13-12/h3-5,13H,6-7,12H2,1-2H3. The van der Waals surface area contributed by atoms with E-state index in [1.807, 2.05) is 26.1 Å². The number of hydrogen-bond donors (Lipinski definition) is 2. The molecule has 0 amide bonds. The molecule has 0 saturated heterocycles. The number of hydrogen-bond acceptors (Lipinski definition) is 5. The van der Waals surface area contributed by atoms with Crippen LogP contribution in [0.2, 0.25) is 0 Å². The molecule has 2 aromatic rings. The highest BCUT2D eigenvalue weighted by molar-refractivity contribution is 5.73. The Bertz CT molecular complexity index is 480. The lowest BCUT2D eigenvalue weighted by Crippen LogP contribution is -2.34. The number of nitrogens with one attached hydrogen (secondary N) is 1. The maximum absolute atomic E-state index is 5.48. The summed E-state index contributed by atoms with van der Waals surface area (Å²) in [5, 5.41) is 0. The van der Waals surface area contributed by atoms with Crippen LogP contribution < -0.4 is 11.3 Å². The average molecular weight is 220 g/mol. The maximum atomic E-state index is 5.48. The minimum absolute atomic E-state index is 0.646. The second-order valence-electron chi connectivity index (χ2n) is 3.91. The van der Waals surface area contributed by atoms with Crippen molar-refractivity contribution in [3.8, 4) is 0 Å². The molecule has 16 heavy (non-hydrogen) atoms. The van der Waals surface area contributed by atoms with Crippen LogP contribution >= 0.6 is 0 Å². The Morgan fingerprint density at radius 1 is 1.50 bits per heavy atom. The molecule has 0 spiro atoms. The summed E-state index contributed by atoms with van der Waals surface area (Å²) < 4.78 is 5.48. The summed E-state index contributed by atoms with van der Waals surface area (Å²) in [6.45, 7) is 3.32. The van der Waals surface area contributed by atoms with E-state index in [0.29, 0.717) is 12.6 Å². The lowest BCUT2D eigenvalue weighted by Gasteiger charge is -2.15. The van der Waals surface area contributed by atoms with Crippen LogP contribution in [0, 0.1) is 6.92 Å². The molecule has 86 valence electrons. The highest BCUT2D eigenvalue weighted by Gasteiger charge is 2.04. The normalized spacial score (nSPS) is 11.5. The molecule has 5 heteroatoms. The van der Waals surface area contributed by atoms with Gasteiger partial charge >= 0.3 is 0 Å². The monoisotopic (exact) mass is 220 g/mol. The van der Waals surface area contributed by atoms with Gasteiger partial charge in [0.15, 0.2) is 11.5 Å². The van der Waals surface area contributed by atoms with Crippen molar-refractivity contribution in [3.63, 3.8) is 0 Å². The van der Waals surface area contributed by atoms with Gasteiger partial charge in [-0.25, -0.2) is 10.4 Å². The molecule has 0 bridgehead atoms. The SMILES string of the molecule is Cc1nc2ccc(CN(C)CNN)cc2o1. The van der Waals surface area contributed by atoms with Crippen molar-refractivity contribution < 1.29 is 4.42 Å². The summed E-state index contributed by atoms with van der Waals surface area (Å²) in [5.74, 6) is 5.96. The third-order valence-corrected chi connectivity index (χ3v) is 2.37. The van der Waals surface area contributed by atoms with E-state index in [9.17, 15) is 0 Å². The Morgan fingerprint density at radius 2 is 2.31 bits per heavy atom. The topological polar surface area (TPSA) is 67.3 Å². The maximum Gasteiger partial charge on any atom is 0.192 e. The molecule has 0 aliphatic carbocycles. The molecule has 3 N–H and O–H groups in total. The first-order valence-corrected chi connectivity index (χ1v) is 5.17. The summed E-state index contributed by atoms with van der Waals surface area (Å²) in [6.07, 6.45) is 0. The van der Waals surface area contributed by atoms with Crippen molar-refractivity contribution in [2.45, 2.75) is 13.5 Å². The van der Waals surface area contributed by atoms with Gasteiger partial charge in [0, 0.05) is 13.5 Å². The van der Waals surface area contributed by atoms with Crippen LogP contribution in [0.3, 0.4) is 0 Å². The molecule has 0 fully saturated rings. The lowest BCUT2D eigenvalue weighted by atomic mass is 10.2. The Kier molecular flexibility index (Phi) is 3.19. The molecule has 1 heterocycles. The van der Waals surface area contributed by atoms with Crippen LogP contribution in [0.15, 0.2) is 22.6 Å². The molecule has 0 aliphatic rings. The predicted octanol–water partition coefficient (Wildman–Crippen LogP) is 0.989. The van der Waals surface area contributed by atoms with Crippen molar-refractivity contribution in [1.82, 2.24) is 15.3 Å². The molecule has 1 aromatic carbocycles. The van der Waals surface area contributed by atoms with Crippen LogP contribution in [-0.2, 0) is 6.54 Å². The minimum Gasteiger partial charge on any atom is -0.441 e. The zero-order valence-corrected chi connectivity index (χ0v) is 9.53. The smallest absolute Gasteiger partial charge is 0.192 e. The van der Waals surface area contributed by atoms with Crippen LogP contribution in [0.25, 0.3) is 11.1 Å². The van der Waals surface area contributed by atoms with E-state index in [4.69, 9.17) is 10.3 Å². The molecule has 1 aromatic heterocycles. The Balaban J connectivity index is 2.18. The summed E-state index contributed by atoms with van der Waals surface area (Å²) in [5.41, 5.74) is 5.54. The Labute approximate surface area is 94.2 Å². The van der Waals surface area contributed by atoms with Crippen molar-refractivity contribution in [2.75, 3.05) is 13.7 Å². The van der Waals surface area contributed by atoms with Crippen LogP contribution in [-0.4, -0.2) is 23.6 Å². The lowest BCUT2D eigenvalue weighted by molar-refractivity contribution is 0.301. The third-order valence-electron chi connectivity index (χ3n) is 2.37. The fourth-order valence-electron chi connectivity index (χ4n) is 1.71. The van der Waals surface area contributed by atoms with E-state index >= 15 is 0 Å². The number of nitrogens with zero attached hydrogens (tertiary/aromatic N) is 2. The summed E-state index contributed by atoms with van der Waals surface area (Å²) in [6, 6.07) is 6.05. The van der Waals surface area contributed by atoms with Gasteiger partial charge in [-0.1, -0.05) is 6.07 Å². The largest absolute Gasteiger partial charge is 0.441 e. The number of aryl methyl sites for hydroxylation is 1. The summed E-state index contributed by atoms with van der Waals surface area (Å²) in [4.78, 5) is 6.33. The molecule has 0 unspecified atom stereocenters. The van der Waals surface area contributed by atoms with Crippen LogP contribution in [0.4, 0.5) is 0 Å². The van der Waals surface area contributed by atoms with Crippen LogP contribution in [0.1, 0.15) is 11.5 Å². The second kappa shape index (κ2) is 4.61. The molecule has 0 atom stereocenters. The number of hydrazine groups is 1. The predicted molar refractivity (Wildman–Crippen MR) is 62.4 cm³/mol. The number of nitrogens with two attached hydrogens (primary N) is 1. The molecule has 5 nitrogen and oxygen atoms in total. The third kappa shape index (κ3) is 2.38. The first kappa shape index (κ1) is 11.1. The number of fused-ring (bicyclic) bond motifs is 1. The fraction of sp³-hybridized carbons (Fsp3) is 0.364. The Morgan fingerprint density at radius 3 is 3.06 bits per heavy atom. The number of benzene rings is 1. The average Bonchev–Trinajstić information content (AvgIpc) is 2.57. The van der Waals surface area contributed by atoms with Gasteiger partial charge in [0.25, 0.3) is 0 Å². The van der Waals surface area contributed by atoms with Gasteiger partial charge in [0.2, 0.25) is 0 Å². The van der Waals surface area contributed by atoms with Crippen molar-refractivity contribution in [3.05, 3.63) is 29.7 Å². The molecular weight excluding hydrogens is 204 g/mol. The number of aromatic nitrogens is 1. The number of oxazole rings is 1. The van der Waals surface area contributed by atoms with Crippen molar-refractivity contribution in [1.29, 1.82) is 0 Å². The van der Waals surface area contributed by atoms with E-state index in [1.54, 1.807) is 0 Å². The van der Waals surface area contributed by atoms with Gasteiger partial charge in [-0.2, -0.15) is 0 Å². The van der Waals surface area contributed by atoms with E-state index in [1.165, 1.54) is 5.56 Å². The first-order valence-electron chi connectivity index (χ1n) is 5.17. The van der Waals surface area contributed by atoms with Crippen molar-refractivity contribution in [2.24, 2.45) is 5.84 Å². The van der Waals surface area contributed by atoms with Gasteiger partial charge in [0.05, 0.1) is 6.67 Å².